The SMILES string of the molecule is CC(C)c1cccc(C(C)C)c1[N+]1=C=[N+](c2c(C(C)C)cccc2C(C)C)C=C1.C[Si]1(C)c2ccccc2[N-]c2ccccc21.[Au+]. The monoisotopic (exact) mass is 809 g/mol. The summed E-state index contributed by atoms with van der Waals surface area (Å²) < 4.78 is 4.40. The van der Waals surface area contributed by atoms with E-state index >= 15 is 0 Å². The van der Waals surface area contributed by atoms with E-state index in [-0.39, 0.29) is 22.4 Å². The minimum atomic E-state index is -1.53. The van der Waals surface area contributed by atoms with Crippen molar-refractivity contribution < 1.29 is 31.5 Å². The average molecular weight is 810 g/mol. The number of benzene rings is 4. The molecule has 0 N–H and O–H groups in total. The van der Waals surface area contributed by atoms with E-state index in [0.29, 0.717) is 23.7 Å². The number of nitrogens with zero attached hydrogens (tertiary/aromatic N) is 3. The second-order valence-corrected chi connectivity index (χ2v) is 18.4. The van der Waals surface area contributed by atoms with E-state index < -0.39 is 8.07 Å². The molecule has 0 atom stereocenters. The number of hydrogen-bond donors (Lipinski definition) is 0. The van der Waals surface area contributed by atoms with Crippen molar-refractivity contribution in [1.29, 1.82) is 0 Å². The van der Waals surface area contributed by atoms with Gasteiger partial charge in [-0.2, -0.15) is 0 Å². The largest absolute Gasteiger partial charge is 1.00 e. The maximum atomic E-state index is 4.74. The molecule has 3 nitrogen and oxygen atoms in total. The average Bonchev–Trinajstić information content (AvgIpc) is 3.50. The van der Waals surface area contributed by atoms with E-state index in [0.717, 1.165) is 11.4 Å². The van der Waals surface area contributed by atoms with E-state index in [9.17, 15) is 0 Å². The molecule has 242 valence electrons. The van der Waals surface area contributed by atoms with Gasteiger partial charge in [0.15, 0.2) is 0 Å². The summed E-state index contributed by atoms with van der Waals surface area (Å²) in [5, 5.41) is 7.64. The first-order chi connectivity index (χ1) is 21.4. The normalized spacial score (nSPS) is 14.2. The molecule has 2 aliphatic rings. The van der Waals surface area contributed by atoms with Gasteiger partial charge in [-0.1, -0.05) is 173 Å². The van der Waals surface area contributed by atoms with Gasteiger partial charge in [0.2, 0.25) is 11.4 Å². The third kappa shape index (κ3) is 7.03. The third-order valence-corrected chi connectivity index (χ3v) is 12.7. The Morgan fingerprint density at radius 3 is 1.15 bits per heavy atom. The van der Waals surface area contributed by atoms with Crippen molar-refractivity contribution in [3.05, 3.63) is 125 Å². The smallest absolute Gasteiger partial charge is 0.658 e. The molecule has 0 saturated carbocycles. The predicted octanol–water partition coefficient (Wildman–Crippen LogP) is 11.0. The number of hydrogen-bond acceptors (Lipinski definition) is 0. The standard InChI is InChI=1S/C27H36N2.C14H14NSi.Au/c1-18(2)22-11-9-12-23(19(3)4)26(22)28-15-16-29(17-28)27-24(20(5)6)13-10-14-25(27)21(7)8;1-16(2)13-9-5-3-7-11(13)15-12-8-4-6-10-14(12)16;/h9-16,18-21H,1-8H3;3-10H,1-2H3;/q+2;-1;+1. The van der Waals surface area contributed by atoms with E-state index in [2.05, 4.69) is 181 Å². The van der Waals surface area contributed by atoms with Crippen LogP contribution in [0.25, 0.3) is 5.32 Å². The molecule has 0 unspecified atom stereocenters. The van der Waals surface area contributed by atoms with Crippen LogP contribution in [0.4, 0.5) is 22.7 Å². The van der Waals surface area contributed by atoms with Gasteiger partial charge in [0.05, 0.1) is 0 Å². The van der Waals surface area contributed by atoms with Crippen LogP contribution in [-0.2, 0) is 22.4 Å². The molecular formula is C41H50AuN3Si+2. The van der Waals surface area contributed by atoms with Gasteiger partial charge in [-0.3, -0.25) is 0 Å². The molecular weight excluding hydrogens is 760 g/mol. The van der Waals surface area contributed by atoms with E-state index in [4.69, 9.17) is 5.32 Å². The first kappa shape index (κ1) is 35.6. The van der Waals surface area contributed by atoms with E-state index in [1.54, 1.807) is 0 Å². The Bertz CT molecular complexity index is 1630. The van der Waals surface area contributed by atoms with Crippen LogP contribution < -0.4 is 10.4 Å². The molecule has 0 fully saturated rings. The van der Waals surface area contributed by atoms with Crippen molar-refractivity contribution in [3.63, 3.8) is 0 Å². The third-order valence-electron chi connectivity index (χ3n) is 9.14. The molecule has 0 amide bonds. The van der Waals surface area contributed by atoms with Crippen LogP contribution in [0.5, 0.6) is 0 Å². The summed E-state index contributed by atoms with van der Waals surface area (Å²) in [6, 6.07) is 34.2. The second kappa shape index (κ2) is 14.7. The number of fused-ring (bicyclic) bond motifs is 2. The zero-order chi connectivity index (χ0) is 32.5. The predicted molar refractivity (Wildman–Crippen MR) is 196 cm³/mol. The summed E-state index contributed by atoms with van der Waals surface area (Å²) in [7, 11) is -1.53. The Kier molecular flexibility index (Phi) is 11.4. The van der Waals surface area contributed by atoms with Crippen molar-refractivity contribution in [2.24, 2.45) is 0 Å². The minimum Gasteiger partial charge on any atom is -0.658 e. The first-order valence-corrected chi connectivity index (χ1v) is 19.6. The number of para-hydroxylation sites is 4. The van der Waals surface area contributed by atoms with Crippen LogP contribution >= 0.6 is 0 Å². The Morgan fingerprint density at radius 2 is 0.826 bits per heavy atom. The molecule has 0 aliphatic carbocycles. The van der Waals surface area contributed by atoms with Gasteiger partial charge in [0, 0.05) is 22.3 Å². The molecule has 46 heavy (non-hydrogen) atoms. The van der Waals surface area contributed by atoms with Gasteiger partial charge >= 0.3 is 28.4 Å². The minimum absolute atomic E-state index is 0. The fourth-order valence-corrected chi connectivity index (χ4v) is 9.49. The maximum absolute atomic E-state index is 4.74. The first-order valence-electron chi connectivity index (χ1n) is 16.6. The van der Waals surface area contributed by atoms with Gasteiger partial charge in [-0.15, -0.1) is 11.4 Å². The van der Waals surface area contributed by atoms with Gasteiger partial charge in [0.1, 0.15) is 8.07 Å². The van der Waals surface area contributed by atoms with E-state index in [1.165, 1.54) is 44.0 Å². The van der Waals surface area contributed by atoms with Gasteiger partial charge in [-0.05, 0) is 23.7 Å². The van der Waals surface area contributed by atoms with Crippen molar-refractivity contribution in [3.8, 4) is 0 Å². The molecule has 4 aromatic carbocycles. The van der Waals surface area contributed by atoms with Crippen LogP contribution in [-0.4, -0.2) is 23.2 Å². The molecule has 0 radical (unpaired) electrons. The van der Waals surface area contributed by atoms with Crippen LogP contribution in [0.1, 0.15) is 101 Å². The van der Waals surface area contributed by atoms with Crippen LogP contribution in [0.3, 0.4) is 0 Å². The van der Waals surface area contributed by atoms with Crippen molar-refractivity contribution >= 4 is 47.2 Å². The molecule has 2 heterocycles. The quantitative estimate of drug-likeness (QED) is 0.137. The summed E-state index contributed by atoms with van der Waals surface area (Å²) in [6.45, 7) is 23.0. The molecule has 4 aromatic rings. The fraction of sp³-hybridized carbons (Fsp3) is 0.341. The number of rotatable bonds is 6. The molecule has 5 heteroatoms. The van der Waals surface area contributed by atoms with Gasteiger partial charge in [-0.25, -0.2) is 0 Å². The Labute approximate surface area is 294 Å². The van der Waals surface area contributed by atoms with Gasteiger partial charge < -0.3 is 5.32 Å². The molecule has 0 saturated heterocycles. The molecule has 6 rings (SSSR count). The van der Waals surface area contributed by atoms with Crippen LogP contribution in [0, 0.1) is 0 Å². The fourth-order valence-electron chi connectivity index (χ4n) is 6.62. The zero-order valence-electron chi connectivity index (χ0n) is 29.2. The van der Waals surface area contributed by atoms with Crippen LogP contribution in [0.15, 0.2) is 97.3 Å². The van der Waals surface area contributed by atoms with Crippen molar-refractivity contribution in [1.82, 2.24) is 0 Å². The van der Waals surface area contributed by atoms with Crippen molar-refractivity contribution in [2.45, 2.75) is 92.2 Å². The molecule has 0 aromatic heterocycles. The summed E-state index contributed by atoms with van der Waals surface area (Å²) in [4.78, 5) is 0. The van der Waals surface area contributed by atoms with Crippen LogP contribution in [0.2, 0.25) is 13.1 Å². The zero-order valence-corrected chi connectivity index (χ0v) is 32.4. The summed E-state index contributed by atoms with van der Waals surface area (Å²) in [6.07, 6.45) is 4.32. The summed E-state index contributed by atoms with van der Waals surface area (Å²) in [5.41, 5.74) is 10.4. The Morgan fingerprint density at radius 1 is 0.500 bits per heavy atom. The summed E-state index contributed by atoms with van der Waals surface area (Å²) in [5.74, 6) is 1.84. The van der Waals surface area contributed by atoms with Gasteiger partial charge in [0.25, 0.3) is 12.4 Å². The van der Waals surface area contributed by atoms with Crippen molar-refractivity contribution in [2.75, 3.05) is 0 Å². The maximum Gasteiger partial charge on any atom is 1.00 e. The molecule has 0 bridgehead atoms. The Balaban J connectivity index is 0.000000238. The Hall–Kier alpha value is -3.24. The second-order valence-electron chi connectivity index (χ2n) is 14.1. The molecule has 0 spiro atoms. The van der Waals surface area contributed by atoms with E-state index in [1.807, 2.05) is 0 Å². The summed E-state index contributed by atoms with van der Waals surface area (Å²) >= 11 is 0. The molecule has 2 aliphatic heterocycles. The topological polar surface area (TPSA) is 20.1 Å².